The number of carboxylic acids is 1. The molecule has 1 N–H and O–H groups in total. The zero-order chi connectivity index (χ0) is 16.8. The van der Waals surface area contributed by atoms with Crippen molar-refractivity contribution in [3.63, 3.8) is 0 Å². The molecular formula is C18H11ClO5. The SMILES string of the molecule is O=C(O)C1Cc2c(cc3occ(-c4ccccc4)c(=O)c3c2Cl)O1. The highest BCUT2D eigenvalue weighted by Gasteiger charge is 2.32. The normalized spacial score (nSPS) is 16.0. The van der Waals surface area contributed by atoms with Crippen LogP contribution in [0.1, 0.15) is 5.56 Å². The third kappa shape index (κ3) is 2.17. The van der Waals surface area contributed by atoms with Gasteiger partial charge in [-0.05, 0) is 5.56 Å². The van der Waals surface area contributed by atoms with Crippen molar-refractivity contribution in [2.45, 2.75) is 12.5 Å². The molecule has 2 aromatic carbocycles. The fourth-order valence-corrected chi connectivity index (χ4v) is 3.24. The lowest BCUT2D eigenvalue weighted by Gasteiger charge is -2.07. The molecule has 0 amide bonds. The van der Waals surface area contributed by atoms with Gasteiger partial charge in [-0.25, -0.2) is 4.79 Å². The van der Waals surface area contributed by atoms with E-state index in [0.717, 1.165) is 5.56 Å². The minimum Gasteiger partial charge on any atom is -0.478 e. The number of carboxylic acid groups (broad SMARTS) is 1. The van der Waals surface area contributed by atoms with E-state index in [9.17, 15) is 9.59 Å². The van der Waals surface area contributed by atoms with Crippen molar-refractivity contribution in [1.29, 1.82) is 0 Å². The van der Waals surface area contributed by atoms with Crippen molar-refractivity contribution in [2.75, 3.05) is 0 Å². The van der Waals surface area contributed by atoms with Crippen molar-refractivity contribution in [1.82, 2.24) is 0 Å². The predicted molar refractivity (Wildman–Crippen MR) is 88.7 cm³/mol. The number of carbonyl (C=O) groups is 1. The Labute approximate surface area is 141 Å². The van der Waals surface area contributed by atoms with E-state index < -0.39 is 12.1 Å². The van der Waals surface area contributed by atoms with Gasteiger partial charge in [0.2, 0.25) is 5.43 Å². The van der Waals surface area contributed by atoms with E-state index in [-0.39, 0.29) is 27.8 Å². The standard InChI is InChI=1S/C18H11ClO5/c19-16-10-6-14(18(21)22)24-12(10)7-13-15(16)17(20)11(8-23-13)9-4-2-1-3-5-9/h1-5,7-8,14H,6H2,(H,21,22). The van der Waals surface area contributed by atoms with Gasteiger partial charge in [-0.15, -0.1) is 0 Å². The summed E-state index contributed by atoms with van der Waals surface area (Å²) in [6, 6.07) is 10.7. The highest BCUT2D eigenvalue weighted by atomic mass is 35.5. The minimum absolute atomic E-state index is 0.119. The summed E-state index contributed by atoms with van der Waals surface area (Å²) in [7, 11) is 0. The molecule has 1 unspecified atom stereocenters. The van der Waals surface area contributed by atoms with Crippen LogP contribution in [0.3, 0.4) is 0 Å². The highest BCUT2D eigenvalue weighted by Crippen LogP contribution is 2.39. The van der Waals surface area contributed by atoms with E-state index >= 15 is 0 Å². The lowest BCUT2D eigenvalue weighted by atomic mass is 10.0. The van der Waals surface area contributed by atoms with Crippen LogP contribution >= 0.6 is 11.6 Å². The Morgan fingerprint density at radius 2 is 2.00 bits per heavy atom. The quantitative estimate of drug-likeness (QED) is 0.771. The maximum atomic E-state index is 12.9. The van der Waals surface area contributed by atoms with Crippen molar-refractivity contribution in [2.24, 2.45) is 0 Å². The second-order valence-corrected chi connectivity index (χ2v) is 5.91. The molecule has 2 heterocycles. The van der Waals surface area contributed by atoms with Gasteiger partial charge in [0.15, 0.2) is 6.10 Å². The summed E-state index contributed by atoms with van der Waals surface area (Å²) in [6.07, 6.45) is 0.499. The Morgan fingerprint density at radius 1 is 1.25 bits per heavy atom. The molecule has 0 saturated carbocycles. The summed E-state index contributed by atoms with van der Waals surface area (Å²) in [6.45, 7) is 0. The zero-order valence-electron chi connectivity index (χ0n) is 12.3. The third-order valence-electron chi connectivity index (χ3n) is 4.08. The third-order valence-corrected chi connectivity index (χ3v) is 4.50. The molecule has 0 aliphatic carbocycles. The predicted octanol–water partition coefficient (Wildman–Crippen LogP) is 3.50. The smallest absolute Gasteiger partial charge is 0.345 e. The first kappa shape index (κ1) is 14.8. The summed E-state index contributed by atoms with van der Waals surface area (Å²) >= 11 is 6.39. The van der Waals surface area contributed by atoms with Crippen molar-refractivity contribution < 1.29 is 19.1 Å². The highest BCUT2D eigenvalue weighted by molar-refractivity contribution is 6.36. The molecule has 24 heavy (non-hydrogen) atoms. The fraction of sp³-hybridized carbons (Fsp3) is 0.111. The fourth-order valence-electron chi connectivity index (χ4n) is 2.89. The van der Waals surface area contributed by atoms with Crippen molar-refractivity contribution >= 4 is 28.5 Å². The molecule has 0 bridgehead atoms. The molecule has 1 atom stereocenters. The molecule has 1 aromatic heterocycles. The molecule has 4 rings (SSSR count). The molecule has 0 radical (unpaired) electrons. The number of hydrogen-bond acceptors (Lipinski definition) is 4. The van der Waals surface area contributed by atoms with Gasteiger partial charge in [0, 0.05) is 18.1 Å². The van der Waals surface area contributed by atoms with E-state index in [1.807, 2.05) is 30.3 Å². The Balaban J connectivity index is 1.95. The van der Waals surface area contributed by atoms with Crippen molar-refractivity contribution in [3.8, 4) is 16.9 Å². The van der Waals surface area contributed by atoms with Crippen LogP contribution in [0.25, 0.3) is 22.1 Å². The first-order chi connectivity index (χ1) is 11.6. The first-order valence-corrected chi connectivity index (χ1v) is 7.66. The number of ether oxygens (including phenoxy) is 1. The second-order valence-electron chi connectivity index (χ2n) is 5.53. The van der Waals surface area contributed by atoms with E-state index in [1.165, 1.54) is 12.3 Å². The number of rotatable bonds is 2. The Kier molecular flexibility index (Phi) is 3.32. The van der Waals surface area contributed by atoms with Gasteiger partial charge < -0.3 is 14.3 Å². The largest absolute Gasteiger partial charge is 0.478 e. The monoisotopic (exact) mass is 342 g/mol. The Morgan fingerprint density at radius 3 is 2.71 bits per heavy atom. The van der Waals surface area contributed by atoms with Crippen molar-refractivity contribution in [3.05, 3.63) is 63.5 Å². The average Bonchev–Trinajstić information content (AvgIpc) is 3.01. The molecule has 6 heteroatoms. The summed E-state index contributed by atoms with van der Waals surface area (Å²) in [5.74, 6) is -0.730. The first-order valence-electron chi connectivity index (χ1n) is 7.28. The number of halogens is 1. The lowest BCUT2D eigenvalue weighted by molar-refractivity contribution is -0.144. The van der Waals surface area contributed by atoms with Gasteiger partial charge in [-0.1, -0.05) is 41.9 Å². The summed E-state index contributed by atoms with van der Waals surface area (Å²) < 4.78 is 10.9. The maximum Gasteiger partial charge on any atom is 0.345 e. The van der Waals surface area contributed by atoms with Gasteiger partial charge in [0.25, 0.3) is 0 Å². The number of aliphatic carboxylic acids is 1. The summed E-state index contributed by atoms with van der Waals surface area (Å²) in [5.41, 5.74) is 1.67. The topological polar surface area (TPSA) is 76.7 Å². The molecule has 5 nitrogen and oxygen atoms in total. The molecule has 0 saturated heterocycles. The minimum atomic E-state index is -1.07. The molecule has 120 valence electrons. The van der Waals surface area contributed by atoms with Crippen LogP contribution in [0.4, 0.5) is 0 Å². The summed E-state index contributed by atoms with van der Waals surface area (Å²) in [4.78, 5) is 24.0. The number of hydrogen-bond donors (Lipinski definition) is 1. The molecule has 1 aliphatic heterocycles. The van der Waals surface area contributed by atoms with Crippen LogP contribution in [0.15, 0.2) is 51.9 Å². The number of fused-ring (bicyclic) bond motifs is 2. The van der Waals surface area contributed by atoms with Crippen LogP contribution in [-0.4, -0.2) is 17.2 Å². The average molecular weight is 343 g/mol. The van der Waals surface area contributed by atoms with Gasteiger partial charge >= 0.3 is 5.97 Å². The van der Waals surface area contributed by atoms with Crippen LogP contribution in [-0.2, 0) is 11.2 Å². The van der Waals surface area contributed by atoms with Gasteiger partial charge in [0.1, 0.15) is 17.6 Å². The van der Waals surface area contributed by atoms with Gasteiger partial charge in [-0.2, -0.15) is 0 Å². The van der Waals surface area contributed by atoms with Crippen LogP contribution in [0, 0.1) is 0 Å². The second kappa shape index (κ2) is 5.39. The van der Waals surface area contributed by atoms with Crippen LogP contribution in [0.2, 0.25) is 5.02 Å². The molecular weight excluding hydrogens is 332 g/mol. The van der Waals surface area contributed by atoms with Gasteiger partial charge in [0.05, 0.1) is 16.0 Å². The van der Waals surface area contributed by atoms with E-state index in [2.05, 4.69) is 0 Å². The molecule has 1 aliphatic rings. The maximum absolute atomic E-state index is 12.9. The van der Waals surface area contributed by atoms with E-state index in [1.54, 1.807) is 0 Å². The molecule has 0 spiro atoms. The van der Waals surface area contributed by atoms with Gasteiger partial charge in [-0.3, -0.25) is 4.79 Å². The Hall–Kier alpha value is -2.79. The lowest BCUT2D eigenvalue weighted by Crippen LogP contribution is -2.24. The summed E-state index contributed by atoms with van der Waals surface area (Å²) in [5, 5.41) is 9.54. The Bertz CT molecular complexity index is 1020. The van der Waals surface area contributed by atoms with Crippen LogP contribution < -0.4 is 10.2 Å². The number of benzene rings is 2. The van der Waals surface area contributed by atoms with E-state index in [0.29, 0.717) is 16.9 Å². The zero-order valence-corrected chi connectivity index (χ0v) is 13.0. The van der Waals surface area contributed by atoms with E-state index in [4.69, 9.17) is 25.9 Å². The van der Waals surface area contributed by atoms with Crippen LogP contribution in [0.5, 0.6) is 5.75 Å². The molecule has 0 fully saturated rings. The molecule has 3 aromatic rings.